The van der Waals surface area contributed by atoms with Gasteiger partial charge in [0.05, 0.1) is 16.4 Å². The first-order valence-electron chi connectivity index (χ1n) is 8.05. The maximum Gasteiger partial charge on any atom is 0.304 e. The van der Waals surface area contributed by atoms with E-state index in [-0.39, 0.29) is 0 Å². The molecule has 4 rings (SSSR count). The second-order valence-electron chi connectivity index (χ2n) is 5.86. The van der Waals surface area contributed by atoms with Gasteiger partial charge >= 0.3 is 5.97 Å². The molecular weight excluding hydrogens is 389 g/mol. The SMILES string of the molecule is CC(=O)OC1N=C(c2ccccc2Cl)c2nc(Cl)ccc2-n2c(C)nnc21. The van der Waals surface area contributed by atoms with E-state index in [9.17, 15) is 4.79 Å². The largest absolute Gasteiger partial charge is 0.432 e. The van der Waals surface area contributed by atoms with Gasteiger partial charge in [-0.2, -0.15) is 0 Å². The summed E-state index contributed by atoms with van der Waals surface area (Å²) in [6.07, 6.45) is -0.997. The maximum atomic E-state index is 11.7. The normalized spacial score (nSPS) is 15.4. The summed E-state index contributed by atoms with van der Waals surface area (Å²) >= 11 is 12.6. The molecule has 7 nitrogen and oxygen atoms in total. The van der Waals surface area contributed by atoms with Crippen LogP contribution < -0.4 is 0 Å². The number of aromatic nitrogens is 4. The molecule has 1 aliphatic heterocycles. The van der Waals surface area contributed by atoms with Crippen LogP contribution in [0, 0.1) is 6.92 Å². The molecule has 0 spiro atoms. The fourth-order valence-electron chi connectivity index (χ4n) is 2.94. The van der Waals surface area contributed by atoms with E-state index in [1.165, 1.54) is 6.92 Å². The number of aliphatic imine (C=N–C) groups is 1. The molecule has 0 N–H and O–H groups in total. The summed E-state index contributed by atoms with van der Waals surface area (Å²) in [5.41, 5.74) is 2.26. The molecular formula is C18H13Cl2N5O2. The number of halogens is 2. The van der Waals surface area contributed by atoms with Gasteiger partial charge < -0.3 is 4.74 Å². The summed E-state index contributed by atoms with van der Waals surface area (Å²) in [4.78, 5) is 20.8. The molecule has 1 aliphatic rings. The number of carbonyl (C=O) groups is 1. The van der Waals surface area contributed by atoms with E-state index in [2.05, 4.69) is 20.2 Å². The lowest BCUT2D eigenvalue weighted by molar-refractivity contribution is -0.146. The van der Waals surface area contributed by atoms with Crippen molar-refractivity contribution < 1.29 is 9.53 Å². The Morgan fingerprint density at radius 2 is 1.93 bits per heavy atom. The fourth-order valence-corrected chi connectivity index (χ4v) is 3.31. The Kier molecular flexibility index (Phi) is 4.41. The molecule has 3 heterocycles. The predicted molar refractivity (Wildman–Crippen MR) is 100 cm³/mol. The molecule has 0 radical (unpaired) electrons. The molecule has 9 heteroatoms. The van der Waals surface area contributed by atoms with Crippen LogP contribution in [0.25, 0.3) is 5.69 Å². The van der Waals surface area contributed by atoms with Crippen LogP contribution in [0.3, 0.4) is 0 Å². The van der Waals surface area contributed by atoms with Crippen molar-refractivity contribution in [2.24, 2.45) is 4.99 Å². The van der Waals surface area contributed by atoms with E-state index in [0.717, 1.165) is 0 Å². The van der Waals surface area contributed by atoms with Gasteiger partial charge in [-0.05, 0) is 25.1 Å². The van der Waals surface area contributed by atoms with Gasteiger partial charge in [0.15, 0.2) is 0 Å². The average molecular weight is 402 g/mol. The summed E-state index contributed by atoms with van der Waals surface area (Å²) in [5.74, 6) is 0.477. The zero-order valence-corrected chi connectivity index (χ0v) is 15.9. The Labute approximate surface area is 164 Å². The number of carbonyl (C=O) groups excluding carboxylic acids is 1. The second-order valence-corrected chi connectivity index (χ2v) is 6.66. The number of nitrogens with zero attached hydrogens (tertiary/aromatic N) is 5. The smallest absolute Gasteiger partial charge is 0.304 e. The number of hydrogen-bond donors (Lipinski definition) is 0. The standard InChI is InChI=1S/C18H13Cl2N5O2/c1-9-23-24-17-18(27-10(2)26)22-15(11-5-3-4-6-12(11)19)16-13(25(9)17)7-8-14(20)21-16/h3-8,18H,1-2H3. The van der Waals surface area contributed by atoms with Crippen LogP contribution in [0.2, 0.25) is 10.2 Å². The summed E-state index contributed by atoms with van der Waals surface area (Å²) in [6, 6.07) is 10.7. The van der Waals surface area contributed by atoms with Crippen molar-refractivity contribution in [2.75, 3.05) is 0 Å². The lowest BCUT2D eigenvalue weighted by Gasteiger charge is -2.12. The first kappa shape index (κ1) is 17.6. The third kappa shape index (κ3) is 3.09. The van der Waals surface area contributed by atoms with Crippen LogP contribution in [0.4, 0.5) is 0 Å². The van der Waals surface area contributed by atoms with E-state index >= 15 is 0 Å². The van der Waals surface area contributed by atoms with E-state index in [0.29, 0.717) is 44.5 Å². The zero-order chi connectivity index (χ0) is 19.1. The van der Waals surface area contributed by atoms with Gasteiger partial charge in [-0.15, -0.1) is 10.2 Å². The number of aryl methyl sites for hydroxylation is 1. The van der Waals surface area contributed by atoms with Crippen molar-refractivity contribution in [3.05, 3.63) is 69.5 Å². The molecule has 0 saturated carbocycles. The Bertz CT molecular complexity index is 1090. The van der Waals surface area contributed by atoms with Gasteiger partial charge in [-0.25, -0.2) is 9.98 Å². The highest BCUT2D eigenvalue weighted by molar-refractivity contribution is 6.35. The van der Waals surface area contributed by atoms with Crippen molar-refractivity contribution in [1.82, 2.24) is 19.7 Å². The third-order valence-corrected chi connectivity index (χ3v) is 4.57. The van der Waals surface area contributed by atoms with Crippen LogP contribution in [-0.4, -0.2) is 31.4 Å². The van der Waals surface area contributed by atoms with Crippen molar-refractivity contribution in [1.29, 1.82) is 0 Å². The Morgan fingerprint density at radius 3 is 2.67 bits per heavy atom. The van der Waals surface area contributed by atoms with Gasteiger partial charge in [0.2, 0.25) is 5.82 Å². The monoisotopic (exact) mass is 401 g/mol. The van der Waals surface area contributed by atoms with Gasteiger partial charge in [-0.1, -0.05) is 41.4 Å². The molecule has 0 aliphatic carbocycles. The van der Waals surface area contributed by atoms with E-state index < -0.39 is 12.2 Å². The Balaban J connectivity index is 2.06. The molecule has 1 atom stereocenters. The highest BCUT2D eigenvalue weighted by atomic mass is 35.5. The molecule has 0 saturated heterocycles. The van der Waals surface area contributed by atoms with Crippen LogP contribution in [0.15, 0.2) is 41.4 Å². The molecule has 0 amide bonds. The Hall–Kier alpha value is -2.77. The highest BCUT2D eigenvalue weighted by Crippen LogP contribution is 2.32. The van der Waals surface area contributed by atoms with Gasteiger partial charge in [0, 0.05) is 12.5 Å². The number of hydrogen-bond acceptors (Lipinski definition) is 6. The zero-order valence-electron chi connectivity index (χ0n) is 14.3. The van der Waals surface area contributed by atoms with Crippen LogP contribution in [0.1, 0.15) is 36.1 Å². The molecule has 0 fully saturated rings. The third-order valence-electron chi connectivity index (χ3n) is 4.03. The molecule has 1 unspecified atom stereocenters. The van der Waals surface area contributed by atoms with Crippen molar-refractivity contribution >= 4 is 34.9 Å². The van der Waals surface area contributed by atoms with Gasteiger partial charge in [-0.3, -0.25) is 9.36 Å². The second kappa shape index (κ2) is 6.75. The number of ether oxygens (including phenoxy) is 1. The molecule has 27 heavy (non-hydrogen) atoms. The average Bonchev–Trinajstić information content (AvgIpc) is 2.94. The van der Waals surface area contributed by atoms with Crippen molar-refractivity contribution in [3.63, 3.8) is 0 Å². The van der Waals surface area contributed by atoms with E-state index in [1.807, 2.05) is 18.2 Å². The summed E-state index contributed by atoms with van der Waals surface area (Å²) in [6.45, 7) is 3.10. The fraction of sp³-hybridized carbons (Fsp3) is 0.167. The quantitative estimate of drug-likeness (QED) is 0.482. The maximum absolute atomic E-state index is 11.7. The van der Waals surface area contributed by atoms with Crippen molar-refractivity contribution in [3.8, 4) is 5.69 Å². The van der Waals surface area contributed by atoms with Crippen LogP contribution >= 0.6 is 23.2 Å². The number of pyridine rings is 1. The molecule has 2 aromatic heterocycles. The van der Waals surface area contributed by atoms with Gasteiger partial charge in [0.1, 0.15) is 16.7 Å². The first-order chi connectivity index (χ1) is 13.0. The van der Waals surface area contributed by atoms with Gasteiger partial charge in [0.25, 0.3) is 6.23 Å². The first-order valence-corrected chi connectivity index (χ1v) is 8.80. The number of rotatable bonds is 2. The minimum Gasteiger partial charge on any atom is -0.432 e. The van der Waals surface area contributed by atoms with Crippen LogP contribution in [0.5, 0.6) is 0 Å². The summed E-state index contributed by atoms with van der Waals surface area (Å²) < 4.78 is 7.16. The molecule has 3 aromatic rings. The topological polar surface area (TPSA) is 82.3 Å². The van der Waals surface area contributed by atoms with E-state index in [4.69, 9.17) is 27.9 Å². The minimum absolute atomic E-state index is 0.298. The lowest BCUT2D eigenvalue weighted by Crippen LogP contribution is -2.12. The summed E-state index contributed by atoms with van der Waals surface area (Å²) in [5, 5.41) is 9.04. The number of fused-ring (bicyclic) bond motifs is 3. The number of benzene rings is 1. The number of esters is 1. The van der Waals surface area contributed by atoms with Crippen molar-refractivity contribution in [2.45, 2.75) is 20.1 Å². The molecule has 1 aromatic carbocycles. The molecule has 0 bridgehead atoms. The highest BCUT2D eigenvalue weighted by Gasteiger charge is 2.31. The lowest BCUT2D eigenvalue weighted by atomic mass is 10.1. The Morgan fingerprint density at radius 1 is 1.15 bits per heavy atom. The minimum atomic E-state index is -0.997. The summed E-state index contributed by atoms with van der Waals surface area (Å²) in [7, 11) is 0. The predicted octanol–water partition coefficient (Wildman–Crippen LogP) is 3.69. The molecule has 136 valence electrons. The van der Waals surface area contributed by atoms with Crippen LogP contribution in [-0.2, 0) is 9.53 Å². The van der Waals surface area contributed by atoms with E-state index in [1.54, 1.807) is 29.7 Å².